The van der Waals surface area contributed by atoms with Crippen LogP contribution in [0.1, 0.15) is 0 Å². The molecule has 0 saturated carbocycles. The van der Waals surface area contributed by atoms with Crippen molar-refractivity contribution in [3.63, 3.8) is 0 Å². The number of aromatic nitrogens is 4. The zero-order valence-corrected chi connectivity index (χ0v) is 34.4. The van der Waals surface area contributed by atoms with Gasteiger partial charge in [0.25, 0.3) is 0 Å². The molecule has 0 aliphatic heterocycles. The maximum absolute atomic E-state index is 6.80. The van der Waals surface area contributed by atoms with Crippen LogP contribution in [0.5, 0.6) is 0 Å². The average molecular weight is 821 g/mol. The molecule has 6 heteroatoms. The van der Waals surface area contributed by atoms with Gasteiger partial charge in [-0.2, -0.15) is 0 Å². The van der Waals surface area contributed by atoms with Crippen LogP contribution in [0, 0.1) is 0 Å². The van der Waals surface area contributed by atoms with Gasteiger partial charge in [0, 0.05) is 52.8 Å². The first-order valence-corrected chi connectivity index (χ1v) is 22.0. The lowest BCUT2D eigenvalue weighted by atomic mass is 10.0. The molecular weight excluding hydrogens is 789 g/mol. The van der Waals surface area contributed by atoms with Crippen LogP contribution < -0.4 is 0 Å². The number of fused-ring (bicyclic) bond motifs is 12. The fraction of sp³-hybridized carbons (Fsp3) is 0. The summed E-state index contributed by atoms with van der Waals surface area (Å²) in [6, 6.07) is 69.2. The van der Waals surface area contributed by atoms with Crippen LogP contribution in [-0.4, -0.2) is 19.5 Å². The lowest BCUT2D eigenvalue weighted by molar-refractivity contribution is 0.669. The molecule has 63 heavy (non-hydrogen) atoms. The van der Waals surface area contributed by atoms with Gasteiger partial charge in [-0.3, -0.25) is 0 Å². The van der Waals surface area contributed by atoms with Gasteiger partial charge in [-0.15, -0.1) is 11.3 Å². The van der Waals surface area contributed by atoms with Crippen molar-refractivity contribution in [1.82, 2.24) is 19.5 Å². The Bertz CT molecular complexity index is 4230. The number of rotatable bonds is 4. The second-order valence-corrected chi connectivity index (χ2v) is 17.5. The molecule has 4 heterocycles. The van der Waals surface area contributed by atoms with Crippen molar-refractivity contribution in [3.8, 4) is 39.9 Å². The third-order valence-electron chi connectivity index (χ3n) is 12.8. The van der Waals surface area contributed by atoms with E-state index in [9.17, 15) is 0 Å². The van der Waals surface area contributed by atoms with E-state index in [4.69, 9.17) is 19.4 Å². The Morgan fingerprint density at radius 3 is 1.75 bits per heavy atom. The highest BCUT2D eigenvalue weighted by atomic mass is 32.1. The Kier molecular flexibility index (Phi) is 7.21. The summed E-state index contributed by atoms with van der Waals surface area (Å²) in [6.45, 7) is 0. The van der Waals surface area contributed by atoms with E-state index >= 15 is 0 Å². The van der Waals surface area contributed by atoms with Crippen molar-refractivity contribution in [2.24, 2.45) is 0 Å². The normalized spacial score (nSPS) is 12.1. The van der Waals surface area contributed by atoms with Gasteiger partial charge >= 0.3 is 0 Å². The van der Waals surface area contributed by atoms with Gasteiger partial charge in [0.05, 0.1) is 22.3 Å². The van der Waals surface area contributed by atoms with Gasteiger partial charge in [-0.1, -0.05) is 133 Å². The van der Waals surface area contributed by atoms with E-state index in [2.05, 4.69) is 199 Å². The smallest absolute Gasteiger partial charge is 0.166 e. The first-order valence-electron chi connectivity index (χ1n) is 21.2. The molecule has 14 rings (SSSR count). The highest BCUT2D eigenvalue weighted by Gasteiger charge is 2.25. The Hall–Kier alpha value is -8.19. The van der Waals surface area contributed by atoms with E-state index in [-0.39, 0.29) is 0 Å². The highest BCUT2D eigenvalue weighted by Crippen LogP contribution is 2.45. The van der Waals surface area contributed by atoms with Gasteiger partial charge < -0.3 is 8.98 Å². The van der Waals surface area contributed by atoms with Gasteiger partial charge in [-0.05, 0) is 93.0 Å². The average Bonchev–Trinajstić information content (AvgIpc) is 4.00. The summed E-state index contributed by atoms with van der Waals surface area (Å²) < 4.78 is 11.6. The zero-order chi connectivity index (χ0) is 41.2. The molecule has 0 spiro atoms. The molecule has 292 valence electrons. The van der Waals surface area contributed by atoms with E-state index in [0.717, 1.165) is 76.9 Å². The number of thiophene rings is 1. The molecule has 5 nitrogen and oxygen atoms in total. The number of hydrogen-bond acceptors (Lipinski definition) is 5. The maximum atomic E-state index is 6.80. The van der Waals surface area contributed by atoms with Crippen LogP contribution in [0.25, 0.3) is 136 Å². The number of para-hydroxylation sites is 1. The van der Waals surface area contributed by atoms with Crippen molar-refractivity contribution in [3.05, 3.63) is 194 Å². The van der Waals surface area contributed by atoms with Crippen molar-refractivity contribution >= 4 is 108 Å². The molecule has 0 atom stereocenters. The molecule has 14 aromatic rings. The molecule has 0 radical (unpaired) electrons. The molecule has 0 amide bonds. The fourth-order valence-electron chi connectivity index (χ4n) is 9.81. The topological polar surface area (TPSA) is 56.7 Å². The molecule has 0 aliphatic carbocycles. The van der Waals surface area contributed by atoms with E-state index < -0.39 is 0 Å². The van der Waals surface area contributed by atoms with Crippen molar-refractivity contribution < 1.29 is 4.42 Å². The van der Waals surface area contributed by atoms with E-state index in [1.807, 2.05) is 0 Å². The molecule has 0 N–H and O–H groups in total. The van der Waals surface area contributed by atoms with Crippen molar-refractivity contribution in [1.29, 1.82) is 0 Å². The molecule has 0 fully saturated rings. The van der Waals surface area contributed by atoms with Crippen LogP contribution in [0.2, 0.25) is 0 Å². The number of benzene rings is 10. The standard InChI is InChI=1S/C57H32N4OS/c1-2-12-34-27-39(22-21-33(34)11-1)55-58-56(40-23-24-43-42-18-8-10-20-51(42)63-52(43)32-40)60-57(59-55)54-47(25-26-49-53(54)45-29-36-14-4-6-16-38(36)31-50(45)62-49)61-46-19-9-7-17-41(46)44-28-35-13-3-5-15-37(35)30-48(44)61/h1-32H. The Morgan fingerprint density at radius 2 is 0.952 bits per heavy atom. The third kappa shape index (κ3) is 5.25. The SMILES string of the molecule is c1ccc2cc(-c3nc(-c4ccc5c(c4)sc4ccccc45)nc(-c4c(-n5c6ccccc6c6cc7ccccc7cc65)ccc5oc6cc7ccccc7cc6c45)n3)ccc2c1. The van der Waals surface area contributed by atoms with Crippen LogP contribution in [0.15, 0.2) is 199 Å². The van der Waals surface area contributed by atoms with Gasteiger partial charge in [0.2, 0.25) is 0 Å². The molecular formula is C57H32N4OS. The predicted octanol–water partition coefficient (Wildman–Crippen LogP) is 15.7. The van der Waals surface area contributed by atoms with Gasteiger partial charge in [0.15, 0.2) is 17.5 Å². The Balaban J connectivity index is 1.13. The van der Waals surface area contributed by atoms with Gasteiger partial charge in [0.1, 0.15) is 11.2 Å². The zero-order valence-electron chi connectivity index (χ0n) is 33.6. The summed E-state index contributed by atoms with van der Waals surface area (Å²) in [4.78, 5) is 16.4. The summed E-state index contributed by atoms with van der Waals surface area (Å²) in [5.41, 5.74) is 7.48. The summed E-state index contributed by atoms with van der Waals surface area (Å²) in [6.07, 6.45) is 0. The Morgan fingerprint density at radius 1 is 0.365 bits per heavy atom. The van der Waals surface area contributed by atoms with Crippen molar-refractivity contribution in [2.75, 3.05) is 0 Å². The molecule has 0 bridgehead atoms. The number of furan rings is 1. The largest absolute Gasteiger partial charge is 0.456 e. The van der Waals surface area contributed by atoms with Crippen LogP contribution >= 0.6 is 11.3 Å². The third-order valence-corrected chi connectivity index (χ3v) is 13.9. The fourth-order valence-corrected chi connectivity index (χ4v) is 11.0. The first kappa shape index (κ1) is 34.5. The molecule has 0 aliphatic rings. The monoisotopic (exact) mass is 820 g/mol. The lowest BCUT2D eigenvalue weighted by Gasteiger charge is -2.16. The summed E-state index contributed by atoms with van der Waals surface area (Å²) in [5, 5.41) is 13.7. The summed E-state index contributed by atoms with van der Waals surface area (Å²) >= 11 is 1.80. The second-order valence-electron chi connectivity index (χ2n) is 16.4. The summed E-state index contributed by atoms with van der Waals surface area (Å²) in [7, 11) is 0. The van der Waals surface area contributed by atoms with E-state index in [1.165, 1.54) is 41.7 Å². The quantitative estimate of drug-likeness (QED) is 0.177. The molecule has 0 unspecified atom stereocenters. The minimum Gasteiger partial charge on any atom is -0.456 e. The Labute approximate surface area is 363 Å². The van der Waals surface area contributed by atoms with Crippen LogP contribution in [-0.2, 0) is 0 Å². The molecule has 4 aromatic heterocycles. The highest BCUT2D eigenvalue weighted by molar-refractivity contribution is 7.25. The molecule has 0 saturated heterocycles. The first-order chi connectivity index (χ1) is 31.2. The number of nitrogens with zero attached hydrogens (tertiary/aromatic N) is 4. The predicted molar refractivity (Wildman–Crippen MR) is 263 cm³/mol. The second kappa shape index (κ2) is 13.2. The van der Waals surface area contributed by atoms with Crippen LogP contribution in [0.3, 0.4) is 0 Å². The van der Waals surface area contributed by atoms with Gasteiger partial charge in [-0.25, -0.2) is 15.0 Å². The van der Waals surface area contributed by atoms with Crippen LogP contribution in [0.4, 0.5) is 0 Å². The van der Waals surface area contributed by atoms with Crippen molar-refractivity contribution in [2.45, 2.75) is 0 Å². The lowest BCUT2D eigenvalue weighted by Crippen LogP contribution is -2.04. The van der Waals surface area contributed by atoms with E-state index in [1.54, 1.807) is 11.3 Å². The minimum absolute atomic E-state index is 0.572. The molecule has 10 aromatic carbocycles. The summed E-state index contributed by atoms with van der Waals surface area (Å²) in [5.74, 6) is 1.78. The minimum atomic E-state index is 0.572. The van der Waals surface area contributed by atoms with E-state index in [0.29, 0.717) is 17.5 Å². The maximum Gasteiger partial charge on any atom is 0.166 e. The number of hydrogen-bond donors (Lipinski definition) is 0.